The lowest BCUT2D eigenvalue weighted by atomic mass is 10.1. The number of hydrogen-bond donors (Lipinski definition) is 0. The fourth-order valence-electron chi connectivity index (χ4n) is 2.06. The van der Waals surface area contributed by atoms with Crippen LogP contribution in [0.1, 0.15) is 16.8 Å². The van der Waals surface area contributed by atoms with E-state index in [-0.39, 0.29) is 5.82 Å². The number of rotatable bonds is 2. The first-order valence-electron chi connectivity index (χ1n) is 5.89. The highest BCUT2D eigenvalue weighted by atomic mass is 19.4. The molecule has 2 rings (SSSR count). The molecule has 0 spiro atoms. The van der Waals surface area contributed by atoms with Crippen LogP contribution < -0.4 is 4.74 Å². The Morgan fingerprint density at radius 1 is 1.10 bits per heavy atom. The van der Waals surface area contributed by atoms with Crippen LogP contribution in [0.4, 0.5) is 13.2 Å². The van der Waals surface area contributed by atoms with E-state index in [2.05, 4.69) is 9.97 Å². The van der Waals surface area contributed by atoms with Crippen LogP contribution >= 0.6 is 0 Å². The molecule has 0 amide bonds. The van der Waals surface area contributed by atoms with Crippen LogP contribution in [-0.2, 0) is 6.18 Å². The van der Waals surface area contributed by atoms with E-state index in [1.54, 1.807) is 19.2 Å². The molecule has 0 fully saturated rings. The first kappa shape index (κ1) is 14.3. The largest absolute Gasteiger partial charge is 0.496 e. The number of halogens is 3. The second kappa shape index (κ2) is 5.11. The highest BCUT2D eigenvalue weighted by Crippen LogP contribution is 2.31. The lowest BCUT2D eigenvalue weighted by Crippen LogP contribution is -2.09. The van der Waals surface area contributed by atoms with Gasteiger partial charge in [0.05, 0.1) is 7.11 Å². The van der Waals surface area contributed by atoms with E-state index in [9.17, 15) is 13.2 Å². The van der Waals surface area contributed by atoms with Gasteiger partial charge in [-0.3, -0.25) is 0 Å². The minimum atomic E-state index is -4.48. The maximum Gasteiger partial charge on any atom is 0.433 e. The molecule has 106 valence electrons. The number of nitrogens with zero attached hydrogens (tertiary/aromatic N) is 2. The van der Waals surface area contributed by atoms with Gasteiger partial charge in [0, 0.05) is 11.8 Å². The second-order valence-electron chi connectivity index (χ2n) is 4.41. The van der Waals surface area contributed by atoms with Gasteiger partial charge in [-0.1, -0.05) is 0 Å². The average Bonchev–Trinajstić information content (AvgIpc) is 2.37. The molecule has 0 unspecified atom stereocenters. The third-order valence-corrected chi connectivity index (χ3v) is 2.87. The molecule has 1 aromatic carbocycles. The van der Waals surface area contributed by atoms with Crippen molar-refractivity contribution in [1.29, 1.82) is 0 Å². The van der Waals surface area contributed by atoms with Gasteiger partial charge < -0.3 is 4.74 Å². The molecule has 0 N–H and O–H groups in total. The number of aryl methyl sites for hydroxylation is 2. The van der Waals surface area contributed by atoms with Crippen molar-refractivity contribution in [2.45, 2.75) is 20.0 Å². The van der Waals surface area contributed by atoms with E-state index >= 15 is 0 Å². The van der Waals surface area contributed by atoms with Gasteiger partial charge in [0.15, 0.2) is 5.82 Å². The molecule has 0 saturated carbocycles. The normalized spacial score (nSPS) is 11.5. The molecular formula is C14H13F3N2O. The van der Waals surface area contributed by atoms with E-state index in [1.165, 1.54) is 0 Å². The zero-order chi connectivity index (χ0) is 14.9. The first-order chi connectivity index (χ1) is 9.32. The van der Waals surface area contributed by atoms with Gasteiger partial charge in [0.2, 0.25) is 0 Å². The Kier molecular flexibility index (Phi) is 3.65. The van der Waals surface area contributed by atoms with Crippen molar-refractivity contribution in [3.05, 3.63) is 41.2 Å². The van der Waals surface area contributed by atoms with Crippen LogP contribution in [0, 0.1) is 13.8 Å². The number of methoxy groups -OCH3 is 1. The average molecular weight is 282 g/mol. The predicted molar refractivity (Wildman–Crippen MR) is 68.5 cm³/mol. The molecular weight excluding hydrogens is 269 g/mol. The zero-order valence-electron chi connectivity index (χ0n) is 11.2. The van der Waals surface area contributed by atoms with Gasteiger partial charge in [-0.25, -0.2) is 9.97 Å². The molecule has 20 heavy (non-hydrogen) atoms. The number of benzene rings is 1. The lowest BCUT2D eigenvalue weighted by molar-refractivity contribution is -0.141. The maximum atomic E-state index is 12.7. The Morgan fingerprint density at radius 2 is 1.70 bits per heavy atom. The highest BCUT2D eigenvalue weighted by Gasteiger charge is 2.32. The summed E-state index contributed by atoms with van der Waals surface area (Å²) in [7, 11) is 1.55. The van der Waals surface area contributed by atoms with Crippen LogP contribution in [0.3, 0.4) is 0 Å². The summed E-state index contributed by atoms with van der Waals surface area (Å²) in [5.41, 5.74) is 1.23. The molecule has 3 nitrogen and oxygen atoms in total. The summed E-state index contributed by atoms with van der Waals surface area (Å²) < 4.78 is 43.2. The number of hydrogen-bond acceptors (Lipinski definition) is 3. The number of alkyl halides is 3. The van der Waals surface area contributed by atoms with Crippen molar-refractivity contribution in [1.82, 2.24) is 9.97 Å². The maximum absolute atomic E-state index is 12.7. The molecule has 6 heteroatoms. The van der Waals surface area contributed by atoms with E-state index in [4.69, 9.17) is 4.74 Å². The van der Waals surface area contributed by atoms with E-state index in [1.807, 2.05) is 13.8 Å². The third kappa shape index (κ3) is 2.74. The SMILES string of the molecule is COc1c(C)cc(-c2nccc(C(F)(F)F)n2)cc1C. The van der Waals surface area contributed by atoms with Crippen molar-refractivity contribution < 1.29 is 17.9 Å². The van der Waals surface area contributed by atoms with Gasteiger partial charge in [-0.15, -0.1) is 0 Å². The predicted octanol–water partition coefficient (Wildman–Crippen LogP) is 3.79. The van der Waals surface area contributed by atoms with Crippen molar-refractivity contribution in [3.63, 3.8) is 0 Å². The van der Waals surface area contributed by atoms with Crippen LogP contribution in [-0.4, -0.2) is 17.1 Å². The fourth-order valence-corrected chi connectivity index (χ4v) is 2.06. The minimum Gasteiger partial charge on any atom is -0.496 e. The summed E-state index contributed by atoms with van der Waals surface area (Å²) in [5.74, 6) is 0.759. The number of aromatic nitrogens is 2. The molecule has 1 heterocycles. The van der Waals surface area contributed by atoms with Crippen LogP contribution in [0.15, 0.2) is 24.4 Å². The molecule has 1 aromatic heterocycles. The standard InChI is InChI=1S/C14H13F3N2O/c1-8-6-10(7-9(2)12(8)20-3)13-18-5-4-11(19-13)14(15,16)17/h4-7H,1-3H3. The van der Waals surface area contributed by atoms with Crippen molar-refractivity contribution in [2.24, 2.45) is 0 Å². The summed E-state index contributed by atoms with van der Waals surface area (Å²) in [5, 5.41) is 0. The Hall–Kier alpha value is -2.11. The number of ether oxygens (including phenoxy) is 1. The topological polar surface area (TPSA) is 35.0 Å². The molecule has 0 radical (unpaired) electrons. The van der Waals surface area contributed by atoms with Gasteiger partial charge >= 0.3 is 6.18 Å². The molecule has 2 aromatic rings. The van der Waals surface area contributed by atoms with Gasteiger partial charge in [0.1, 0.15) is 11.4 Å². The summed E-state index contributed by atoms with van der Waals surface area (Å²) in [6.45, 7) is 3.64. The van der Waals surface area contributed by atoms with Crippen molar-refractivity contribution >= 4 is 0 Å². The van der Waals surface area contributed by atoms with E-state index in [0.717, 1.165) is 23.4 Å². The Balaban J connectivity index is 2.52. The molecule has 0 aliphatic carbocycles. The Morgan fingerprint density at radius 3 is 2.20 bits per heavy atom. The fraction of sp³-hybridized carbons (Fsp3) is 0.286. The van der Waals surface area contributed by atoms with Crippen LogP contribution in [0.5, 0.6) is 5.75 Å². The minimum absolute atomic E-state index is 0.0497. The Bertz CT molecular complexity index is 616. The lowest BCUT2D eigenvalue weighted by Gasteiger charge is -2.11. The highest BCUT2D eigenvalue weighted by molar-refractivity contribution is 5.61. The van der Waals surface area contributed by atoms with Gasteiger partial charge in [-0.2, -0.15) is 13.2 Å². The van der Waals surface area contributed by atoms with Gasteiger partial charge in [-0.05, 0) is 43.2 Å². The van der Waals surface area contributed by atoms with E-state index < -0.39 is 11.9 Å². The van der Waals surface area contributed by atoms with Gasteiger partial charge in [0.25, 0.3) is 0 Å². The third-order valence-electron chi connectivity index (χ3n) is 2.87. The summed E-state index contributed by atoms with van der Waals surface area (Å²) >= 11 is 0. The second-order valence-corrected chi connectivity index (χ2v) is 4.41. The molecule has 0 aliphatic rings. The van der Waals surface area contributed by atoms with Crippen LogP contribution in [0.2, 0.25) is 0 Å². The summed E-state index contributed by atoms with van der Waals surface area (Å²) in [4.78, 5) is 7.48. The quantitative estimate of drug-likeness (QED) is 0.840. The molecule has 0 aliphatic heterocycles. The summed E-state index contributed by atoms with van der Waals surface area (Å²) in [6.07, 6.45) is -3.37. The van der Waals surface area contributed by atoms with Crippen LogP contribution in [0.25, 0.3) is 11.4 Å². The Labute approximate surface area is 114 Å². The van der Waals surface area contributed by atoms with Crippen molar-refractivity contribution in [3.8, 4) is 17.1 Å². The summed E-state index contributed by atoms with van der Waals surface area (Å²) in [6, 6.07) is 4.27. The monoisotopic (exact) mass is 282 g/mol. The van der Waals surface area contributed by atoms with Crippen molar-refractivity contribution in [2.75, 3.05) is 7.11 Å². The zero-order valence-corrected chi connectivity index (χ0v) is 11.2. The molecule has 0 atom stereocenters. The van der Waals surface area contributed by atoms with E-state index in [0.29, 0.717) is 11.3 Å². The smallest absolute Gasteiger partial charge is 0.433 e. The molecule has 0 saturated heterocycles. The first-order valence-corrected chi connectivity index (χ1v) is 5.89. The molecule has 0 bridgehead atoms.